The highest BCUT2D eigenvalue weighted by Crippen LogP contribution is 2.39. The molecule has 10 heteroatoms. The van der Waals surface area contributed by atoms with Gasteiger partial charge in [-0.1, -0.05) is 47.6 Å². The highest BCUT2D eigenvalue weighted by atomic mass is 79.9. The van der Waals surface area contributed by atoms with E-state index in [4.69, 9.17) is 16.3 Å². The summed E-state index contributed by atoms with van der Waals surface area (Å²) >= 11 is 11.0. The number of rotatable bonds is 5. The van der Waals surface area contributed by atoms with Crippen LogP contribution in [0.3, 0.4) is 0 Å². The van der Waals surface area contributed by atoms with Crippen LogP contribution in [0.25, 0.3) is 0 Å². The largest absolute Gasteiger partial charge is 0.507 e. The first-order chi connectivity index (χ1) is 14.9. The van der Waals surface area contributed by atoms with Crippen molar-refractivity contribution in [1.29, 1.82) is 0 Å². The maximum absolute atomic E-state index is 12.6. The molecule has 1 aliphatic heterocycles. The molecule has 0 fully saturated rings. The lowest BCUT2D eigenvalue weighted by Crippen LogP contribution is -2.29. The first-order valence-corrected chi connectivity index (χ1v) is 11.4. The van der Waals surface area contributed by atoms with Crippen molar-refractivity contribution in [2.45, 2.75) is 23.9 Å². The molecule has 0 radical (unpaired) electrons. The summed E-state index contributed by atoms with van der Waals surface area (Å²) in [5.74, 6) is 0.680. The third-order valence-corrected chi connectivity index (χ3v) is 6.76. The molecule has 4 rings (SSSR count). The molecule has 1 atom stereocenters. The van der Waals surface area contributed by atoms with E-state index in [2.05, 4.69) is 31.3 Å². The van der Waals surface area contributed by atoms with Gasteiger partial charge in [0.2, 0.25) is 11.1 Å². The van der Waals surface area contributed by atoms with Gasteiger partial charge in [-0.3, -0.25) is 0 Å². The zero-order valence-electron chi connectivity index (χ0n) is 16.6. The number of carbonyl (C=O) groups is 1. The number of fused-ring (bicyclic) bond motifs is 1. The van der Waals surface area contributed by atoms with E-state index in [9.17, 15) is 9.90 Å². The second-order valence-corrected chi connectivity index (χ2v) is 9.02. The highest BCUT2D eigenvalue weighted by Gasteiger charge is 2.35. The van der Waals surface area contributed by atoms with Gasteiger partial charge in [0.15, 0.2) is 0 Å². The normalized spacial score (nSPS) is 15.4. The smallest absolute Gasteiger partial charge is 0.338 e. The Balaban J connectivity index is 1.73. The van der Waals surface area contributed by atoms with Crippen LogP contribution in [0.2, 0.25) is 5.02 Å². The fourth-order valence-corrected chi connectivity index (χ4v) is 4.69. The Hall–Kier alpha value is -2.49. The summed E-state index contributed by atoms with van der Waals surface area (Å²) in [7, 11) is 1.33. The summed E-state index contributed by atoms with van der Waals surface area (Å²) in [4.78, 5) is 17.2. The summed E-state index contributed by atoms with van der Waals surface area (Å²) in [6.07, 6.45) is 0. The van der Waals surface area contributed by atoms with Gasteiger partial charge in [-0.2, -0.15) is 4.98 Å². The molecule has 2 aromatic carbocycles. The number of aromatic hydroxyl groups is 1. The number of benzene rings is 2. The van der Waals surface area contributed by atoms with Crippen molar-refractivity contribution in [3.05, 3.63) is 74.4 Å². The first kappa shape index (κ1) is 21.7. The van der Waals surface area contributed by atoms with Crippen LogP contribution in [0.1, 0.15) is 24.1 Å². The number of halogens is 2. The van der Waals surface area contributed by atoms with Crippen molar-refractivity contribution in [3.63, 3.8) is 0 Å². The summed E-state index contributed by atoms with van der Waals surface area (Å²) in [5, 5.41) is 19.2. The molecular weight excluding hydrogens is 504 g/mol. The molecule has 0 bridgehead atoms. The average Bonchev–Trinajstić information content (AvgIpc) is 3.16. The molecule has 1 aromatic heterocycles. The van der Waals surface area contributed by atoms with Crippen LogP contribution in [-0.2, 0) is 15.3 Å². The van der Waals surface area contributed by atoms with Crippen molar-refractivity contribution < 1.29 is 14.6 Å². The van der Waals surface area contributed by atoms with Crippen LogP contribution in [0.4, 0.5) is 5.95 Å². The predicted molar refractivity (Wildman–Crippen MR) is 123 cm³/mol. The van der Waals surface area contributed by atoms with Gasteiger partial charge in [0, 0.05) is 16.5 Å². The second-order valence-electron chi connectivity index (χ2n) is 6.81. The van der Waals surface area contributed by atoms with Gasteiger partial charge in [-0.05, 0) is 52.2 Å². The number of hydrogen-bond donors (Lipinski definition) is 2. The average molecular weight is 522 g/mol. The standard InChI is InChI=1S/C21H18BrClN4O3S/c1-11-17(19(29)30-2)18(12-7-8-14(22)16(28)9-12)27-20(24-11)25-21(26-27)31-10-13-5-3-4-6-15(13)23/h3-9,18,28H,10H2,1-2H3,(H,24,25,26). The van der Waals surface area contributed by atoms with Crippen LogP contribution in [0.5, 0.6) is 5.75 Å². The number of aromatic nitrogens is 3. The van der Waals surface area contributed by atoms with Crippen LogP contribution in [0.15, 0.2) is 63.4 Å². The van der Waals surface area contributed by atoms with E-state index in [1.165, 1.54) is 18.9 Å². The number of hydrogen-bond acceptors (Lipinski definition) is 7. The van der Waals surface area contributed by atoms with E-state index in [1.54, 1.807) is 23.7 Å². The molecule has 1 aliphatic rings. The fourth-order valence-electron chi connectivity index (χ4n) is 3.33. The molecule has 0 amide bonds. The zero-order chi connectivity index (χ0) is 22.1. The number of esters is 1. The fraction of sp³-hybridized carbons (Fsp3) is 0.190. The second kappa shape index (κ2) is 8.94. The van der Waals surface area contributed by atoms with Crippen molar-refractivity contribution >= 4 is 51.2 Å². The zero-order valence-corrected chi connectivity index (χ0v) is 19.8. The lowest BCUT2D eigenvalue weighted by molar-refractivity contribution is -0.136. The van der Waals surface area contributed by atoms with Gasteiger partial charge in [-0.15, -0.1) is 5.10 Å². The van der Waals surface area contributed by atoms with Gasteiger partial charge < -0.3 is 15.2 Å². The van der Waals surface area contributed by atoms with E-state index in [0.717, 1.165) is 5.56 Å². The SMILES string of the molecule is COC(=O)C1=C(C)Nc2nc(SCc3ccccc3Cl)nn2C1c1ccc(Br)c(O)c1. The molecule has 31 heavy (non-hydrogen) atoms. The number of carbonyl (C=O) groups excluding carboxylic acids is 1. The Morgan fingerprint density at radius 1 is 1.35 bits per heavy atom. The minimum Gasteiger partial charge on any atom is -0.507 e. The molecule has 7 nitrogen and oxygen atoms in total. The Kier molecular flexibility index (Phi) is 6.27. The molecular formula is C21H18BrClN4O3S. The summed E-state index contributed by atoms with van der Waals surface area (Å²) in [5.41, 5.74) is 2.66. The van der Waals surface area contributed by atoms with Crippen LogP contribution >= 0.6 is 39.3 Å². The Bertz CT molecular complexity index is 1200. The number of phenolic OH excluding ortho intramolecular Hbond substituents is 1. The van der Waals surface area contributed by atoms with Gasteiger partial charge in [-0.25, -0.2) is 9.48 Å². The summed E-state index contributed by atoms with van der Waals surface area (Å²) in [6, 6.07) is 12.1. The number of allylic oxidation sites excluding steroid dienone is 1. The number of methoxy groups -OCH3 is 1. The molecule has 0 saturated heterocycles. The van der Waals surface area contributed by atoms with E-state index in [-0.39, 0.29) is 5.75 Å². The molecule has 1 unspecified atom stereocenters. The molecule has 0 spiro atoms. The molecule has 0 aliphatic carbocycles. The third-order valence-electron chi connectivity index (χ3n) is 4.84. The molecule has 160 valence electrons. The minimum atomic E-state index is -0.607. The first-order valence-electron chi connectivity index (χ1n) is 9.26. The Morgan fingerprint density at radius 2 is 2.13 bits per heavy atom. The summed E-state index contributed by atoms with van der Waals surface area (Å²) < 4.78 is 7.21. The van der Waals surface area contributed by atoms with Crippen LogP contribution < -0.4 is 5.32 Å². The lowest BCUT2D eigenvalue weighted by Gasteiger charge is -2.27. The van der Waals surface area contributed by atoms with Crippen molar-refractivity contribution in [2.75, 3.05) is 12.4 Å². The topological polar surface area (TPSA) is 89.3 Å². The predicted octanol–water partition coefficient (Wildman–Crippen LogP) is 5.15. The van der Waals surface area contributed by atoms with Gasteiger partial charge in [0.05, 0.1) is 17.2 Å². The van der Waals surface area contributed by atoms with Crippen LogP contribution in [-0.4, -0.2) is 33.0 Å². The molecule has 2 N–H and O–H groups in total. The van der Waals surface area contributed by atoms with Crippen molar-refractivity contribution in [1.82, 2.24) is 14.8 Å². The van der Waals surface area contributed by atoms with Gasteiger partial charge in [0.1, 0.15) is 11.8 Å². The van der Waals surface area contributed by atoms with Crippen molar-refractivity contribution in [3.8, 4) is 5.75 Å². The number of ether oxygens (including phenoxy) is 1. The van der Waals surface area contributed by atoms with E-state index in [0.29, 0.717) is 43.2 Å². The maximum Gasteiger partial charge on any atom is 0.338 e. The molecule has 0 saturated carbocycles. The number of thioether (sulfide) groups is 1. The minimum absolute atomic E-state index is 0.0629. The summed E-state index contributed by atoms with van der Waals surface area (Å²) in [6.45, 7) is 1.78. The number of anilines is 1. The quantitative estimate of drug-likeness (QED) is 0.354. The van der Waals surface area contributed by atoms with Gasteiger partial charge in [0.25, 0.3) is 0 Å². The maximum atomic E-state index is 12.6. The van der Waals surface area contributed by atoms with Gasteiger partial charge >= 0.3 is 5.97 Å². The van der Waals surface area contributed by atoms with E-state index < -0.39 is 12.0 Å². The number of nitrogens with one attached hydrogen (secondary N) is 1. The highest BCUT2D eigenvalue weighted by molar-refractivity contribution is 9.10. The molecule has 2 heterocycles. The third kappa shape index (κ3) is 4.30. The Labute approximate surface area is 196 Å². The lowest BCUT2D eigenvalue weighted by atomic mass is 9.95. The van der Waals surface area contributed by atoms with Crippen LogP contribution in [0, 0.1) is 0 Å². The monoisotopic (exact) mass is 520 g/mol. The number of phenols is 1. The Morgan fingerprint density at radius 3 is 2.84 bits per heavy atom. The van der Waals surface area contributed by atoms with E-state index in [1.807, 2.05) is 30.3 Å². The molecule has 3 aromatic rings. The van der Waals surface area contributed by atoms with Crippen molar-refractivity contribution in [2.24, 2.45) is 0 Å². The van der Waals surface area contributed by atoms with E-state index >= 15 is 0 Å². The number of nitrogens with zero attached hydrogens (tertiary/aromatic N) is 3.